The lowest BCUT2D eigenvalue weighted by Crippen LogP contribution is -2.14. The van der Waals surface area contributed by atoms with Gasteiger partial charge in [-0.1, -0.05) is 46.3 Å². The smallest absolute Gasteiger partial charge is 0.0236 e. The molecule has 0 saturated carbocycles. The first-order chi connectivity index (χ1) is 8.17. The van der Waals surface area contributed by atoms with E-state index in [0.717, 1.165) is 23.7 Å². The van der Waals surface area contributed by atoms with Crippen LogP contribution < -0.4 is 0 Å². The predicted molar refractivity (Wildman–Crippen MR) is 78.1 cm³/mol. The minimum atomic E-state index is 0.840. The van der Waals surface area contributed by atoms with Crippen LogP contribution >= 0.6 is 0 Å². The van der Waals surface area contributed by atoms with Crippen molar-refractivity contribution in [3.8, 4) is 0 Å². The highest BCUT2D eigenvalue weighted by Crippen LogP contribution is 2.30. The molecule has 1 aliphatic rings. The Morgan fingerprint density at radius 3 is 2.29 bits per heavy atom. The van der Waals surface area contributed by atoms with Gasteiger partial charge in [-0.15, -0.1) is 0 Å². The van der Waals surface area contributed by atoms with Crippen molar-refractivity contribution in [2.24, 2.45) is 23.7 Å². The molecule has 0 bridgehead atoms. The molecule has 100 valence electrons. The van der Waals surface area contributed by atoms with E-state index in [9.17, 15) is 0 Å². The maximum Gasteiger partial charge on any atom is -0.0236 e. The zero-order chi connectivity index (χ0) is 12.7. The van der Waals surface area contributed by atoms with Crippen LogP contribution in [0, 0.1) is 23.7 Å². The first-order valence-corrected chi connectivity index (χ1v) is 7.83. The molecular weight excluding hydrogens is 204 g/mol. The van der Waals surface area contributed by atoms with Gasteiger partial charge in [0.05, 0.1) is 0 Å². The summed E-state index contributed by atoms with van der Waals surface area (Å²) in [7, 11) is 0. The van der Waals surface area contributed by atoms with Crippen LogP contribution in [0.2, 0.25) is 0 Å². The Morgan fingerprint density at radius 2 is 1.71 bits per heavy atom. The molecule has 17 heavy (non-hydrogen) atoms. The zero-order valence-electron chi connectivity index (χ0n) is 12.4. The van der Waals surface area contributed by atoms with E-state index in [4.69, 9.17) is 0 Å². The third-order valence-corrected chi connectivity index (χ3v) is 4.78. The monoisotopic (exact) mass is 236 g/mol. The predicted octanol–water partition coefficient (Wildman–Crippen LogP) is 5.83. The second-order valence-corrected chi connectivity index (χ2v) is 6.27. The summed E-state index contributed by atoms with van der Waals surface area (Å²) in [5.74, 6) is 3.60. The molecule has 0 aliphatic heterocycles. The van der Waals surface area contributed by atoms with Gasteiger partial charge < -0.3 is 0 Å². The van der Waals surface area contributed by atoms with Gasteiger partial charge in [0, 0.05) is 0 Å². The van der Waals surface area contributed by atoms with Crippen molar-refractivity contribution >= 4 is 0 Å². The Balaban J connectivity index is 2.63. The fourth-order valence-corrected chi connectivity index (χ4v) is 3.08. The average Bonchev–Trinajstić information content (AvgIpc) is 2.34. The highest BCUT2D eigenvalue weighted by atomic mass is 14.2. The highest BCUT2D eigenvalue weighted by molar-refractivity contribution is 4.90. The molecule has 0 amide bonds. The Bertz CT molecular complexity index is 214. The van der Waals surface area contributed by atoms with Gasteiger partial charge in [-0.05, 0) is 62.2 Å². The molecule has 1 aliphatic carbocycles. The molecule has 0 aromatic heterocycles. The summed E-state index contributed by atoms with van der Waals surface area (Å²) < 4.78 is 0. The third kappa shape index (κ3) is 5.27. The number of allylic oxidation sites excluding steroid dienone is 2. The normalized spacial score (nSPS) is 33.6. The SMILES string of the molecule is CC[C@@H]1/C=C/C[C@H](CC)CC[C@H](C(C)C)CC1. The van der Waals surface area contributed by atoms with Crippen LogP contribution in [0.1, 0.15) is 72.6 Å². The van der Waals surface area contributed by atoms with Crippen molar-refractivity contribution in [1.82, 2.24) is 0 Å². The molecule has 0 unspecified atom stereocenters. The van der Waals surface area contributed by atoms with Crippen molar-refractivity contribution in [1.29, 1.82) is 0 Å². The van der Waals surface area contributed by atoms with Crippen LogP contribution in [0.5, 0.6) is 0 Å². The highest BCUT2D eigenvalue weighted by Gasteiger charge is 2.18. The second kappa shape index (κ2) is 7.95. The maximum atomic E-state index is 2.51. The fourth-order valence-electron chi connectivity index (χ4n) is 3.08. The summed E-state index contributed by atoms with van der Waals surface area (Å²) in [6.45, 7) is 9.51. The van der Waals surface area contributed by atoms with Crippen LogP contribution in [0.4, 0.5) is 0 Å². The summed E-state index contributed by atoms with van der Waals surface area (Å²) in [6, 6.07) is 0. The largest absolute Gasteiger partial charge is 0.0880 e. The van der Waals surface area contributed by atoms with Crippen LogP contribution in [0.25, 0.3) is 0 Å². The molecule has 3 atom stereocenters. The molecule has 0 nitrogen and oxygen atoms in total. The molecule has 0 fully saturated rings. The summed E-state index contributed by atoms with van der Waals surface area (Å²) >= 11 is 0. The van der Waals surface area contributed by atoms with Gasteiger partial charge in [-0.25, -0.2) is 0 Å². The van der Waals surface area contributed by atoms with E-state index in [1.165, 1.54) is 44.9 Å². The summed E-state index contributed by atoms with van der Waals surface area (Å²) in [5, 5.41) is 0. The Labute approximate surface area is 109 Å². The van der Waals surface area contributed by atoms with Crippen molar-refractivity contribution < 1.29 is 0 Å². The molecule has 0 saturated heterocycles. The minimum absolute atomic E-state index is 0.840. The lowest BCUT2D eigenvalue weighted by Gasteiger charge is -2.26. The second-order valence-electron chi connectivity index (χ2n) is 6.27. The lowest BCUT2D eigenvalue weighted by molar-refractivity contribution is 0.279. The standard InChI is InChI=1S/C17H32/c1-5-15-8-7-9-16(6-2)11-13-17(12-10-15)14(3)4/h7-8,14-17H,5-6,9-13H2,1-4H3/b8-7+/t15-,16+,17-/m1/s1. The summed E-state index contributed by atoms with van der Waals surface area (Å²) in [4.78, 5) is 0. The van der Waals surface area contributed by atoms with E-state index < -0.39 is 0 Å². The molecule has 0 N–H and O–H groups in total. The Kier molecular flexibility index (Phi) is 6.92. The Morgan fingerprint density at radius 1 is 1.00 bits per heavy atom. The van der Waals surface area contributed by atoms with Crippen molar-refractivity contribution in [2.45, 2.75) is 72.6 Å². The quantitative estimate of drug-likeness (QED) is 0.541. The van der Waals surface area contributed by atoms with E-state index in [1.54, 1.807) is 0 Å². The van der Waals surface area contributed by atoms with Gasteiger partial charge in [-0.2, -0.15) is 0 Å². The van der Waals surface area contributed by atoms with E-state index in [-0.39, 0.29) is 0 Å². The van der Waals surface area contributed by atoms with Gasteiger partial charge in [0.25, 0.3) is 0 Å². The third-order valence-electron chi connectivity index (χ3n) is 4.78. The van der Waals surface area contributed by atoms with E-state index in [1.807, 2.05) is 0 Å². The molecule has 0 aromatic carbocycles. The topological polar surface area (TPSA) is 0 Å². The summed E-state index contributed by atoms with van der Waals surface area (Å²) in [5.41, 5.74) is 0. The minimum Gasteiger partial charge on any atom is -0.0880 e. The van der Waals surface area contributed by atoms with Gasteiger partial charge in [0.2, 0.25) is 0 Å². The molecule has 0 heterocycles. The van der Waals surface area contributed by atoms with Crippen molar-refractivity contribution in [3.63, 3.8) is 0 Å². The van der Waals surface area contributed by atoms with Crippen LogP contribution in [-0.4, -0.2) is 0 Å². The molecule has 0 radical (unpaired) electrons. The van der Waals surface area contributed by atoms with Crippen molar-refractivity contribution in [3.05, 3.63) is 12.2 Å². The number of rotatable bonds is 3. The number of hydrogen-bond donors (Lipinski definition) is 0. The molecular formula is C17H32. The van der Waals surface area contributed by atoms with Gasteiger partial charge in [0.15, 0.2) is 0 Å². The first kappa shape index (κ1) is 14.8. The van der Waals surface area contributed by atoms with Gasteiger partial charge >= 0.3 is 0 Å². The zero-order valence-corrected chi connectivity index (χ0v) is 12.4. The molecule has 1 rings (SSSR count). The molecule has 0 heteroatoms. The first-order valence-electron chi connectivity index (χ1n) is 7.83. The van der Waals surface area contributed by atoms with Gasteiger partial charge in [0.1, 0.15) is 0 Å². The van der Waals surface area contributed by atoms with Crippen LogP contribution in [0.3, 0.4) is 0 Å². The van der Waals surface area contributed by atoms with Gasteiger partial charge in [-0.3, -0.25) is 0 Å². The Hall–Kier alpha value is -0.260. The summed E-state index contributed by atoms with van der Waals surface area (Å²) in [6.07, 6.45) is 14.7. The molecule has 0 spiro atoms. The molecule has 0 aromatic rings. The average molecular weight is 236 g/mol. The van der Waals surface area contributed by atoms with Crippen LogP contribution in [0.15, 0.2) is 12.2 Å². The van der Waals surface area contributed by atoms with E-state index >= 15 is 0 Å². The van der Waals surface area contributed by atoms with E-state index in [0.29, 0.717) is 0 Å². The van der Waals surface area contributed by atoms with Crippen LogP contribution in [-0.2, 0) is 0 Å². The maximum absolute atomic E-state index is 2.51. The fraction of sp³-hybridized carbons (Fsp3) is 0.882. The van der Waals surface area contributed by atoms with Crippen molar-refractivity contribution in [2.75, 3.05) is 0 Å². The lowest BCUT2D eigenvalue weighted by atomic mass is 9.80. The number of hydrogen-bond acceptors (Lipinski definition) is 0. The van der Waals surface area contributed by atoms with E-state index in [2.05, 4.69) is 39.8 Å².